The number of carbonyl (C=O) groups excluding carboxylic acids is 1. The number of ether oxygens (including phenoxy) is 1. The van der Waals surface area contributed by atoms with Gasteiger partial charge in [-0.2, -0.15) is 5.26 Å². The smallest absolute Gasteiger partial charge is 0.255 e. The van der Waals surface area contributed by atoms with E-state index in [4.69, 9.17) is 4.74 Å². The van der Waals surface area contributed by atoms with E-state index in [2.05, 4.69) is 20.9 Å². The van der Waals surface area contributed by atoms with Crippen molar-refractivity contribution in [3.05, 3.63) is 23.9 Å². The fourth-order valence-corrected chi connectivity index (χ4v) is 3.85. The molecule has 3 rings (SSSR count). The Morgan fingerprint density at radius 3 is 2.81 bits per heavy atom. The first-order valence-corrected chi connectivity index (χ1v) is 9.40. The summed E-state index contributed by atoms with van der Waals surface area (Å²) in [6, 6.07) is 5.72. The van der Waals surface area contributed by atoms with E-state index in [1.807, 2.05) is 0 Å². The highest BCUT2D eigenvalue weighted by atomic mass is 16.5. The van der Waals surface area contributed by atoms with Crippen molar-refractivity contribution in [1.82, 2.24) is 14.8 Å². The summed E-state index contributed by atoms with van der Waals surface area (Å²) in [5, 5.41) is 20.2. The molecule has 0 radical (unpaired) electrons. The van der Waals surface area contributed by atoms with Crippen molar-refractivity contribution in [2.75, 3.05) is 64.4 Å². The molecule has 1 aromatic rings. The third-order valence-electron chi connectivity index (χ3n) is 5.33. The number of piperidine rings is 1. The summed E-state index contributed by atoms with van der Waals surface area (Å²) in [5.41, 5.74) is -0.752. The average molecular weight is 373 g/mol. The molecule has 27 heavy (non-hydrogen) atoms. The van der Waals surface area contributed by atoms with E-state index in [-0.39, 0.29) is 5.91 Å². The molecule has 1 atom stereocenters. The molecule has 2 aliphatic rings. The van der Waals surface area contributed by atoms with E-state index in [1.54, 1.807) is 30.3 Å². The number of hydrogen-bond donors (Lipinski definition) is 1. The van der Waals surface area contributed by atoms with E-state index >= 15 is 0 Å². The first kappa shape index (κ1) is 19.5. The molecule has 146 valence electrons. The minimum atomic E-state index is -1.32. The first-order chi connectivity index (χ1) is 13.1. The maximum absolute atomic E-state index is 12.7. The van der Waals surface area contributed by atoms with Gasteiger partial charge in [0.05, 0.1) is 12.2 Å². The second kappa shape index (κ2) is 8.65. The summed E-state index contributed by atoms with van der Waals surface area (Å²) in [5.74, 6) is 0.516. The largest absolute Gasteiger partial charge is 0.383 e. The maximum atomic E-state index is 12.7. The van der Waals surface area contributed by atoms with Gasteiger partial charge in [0, 0.05) is 59.1 Å². The Hall–Kier alpha value is -2.21. The summed E-state index contributed by atoms with van der Waals surface area (Å²) in [6.07, 6.45) is 2.99. The second-order valence-electron chi connectivity index (χ2n) is 7.17. The molecule has 1 amide bonds. The maximum Gasteiger partial charge on any atom is 0.255 e. The first-order valence-electron chi connectivity index (χ1n) is 9.40. The Labute approximate surface area is 159 Å². The lowest BCUT2D eigenvalue weighted by molar-refractivity contribution is -0.160. The van der Waals surface area contributed by atoms with Crippen LogP contribution >= 0.6 is 0 Å². The predicted octanol–water partition coefficient (Wildman–Crippen LogP) is 0.0752. The number of likely N-dealkylation sites (tertiary alicyclic amines) is 1. The summed E-state index contributed by atoms with van der Waals surface area (Å²) in [4.78, 5) is 23.0. The molecule has 0 saturated carbocycles. The number of pyridine rings is 1. The highest BCUT2D eigenvalue weighted by Crippen LogP contribution is 2.25. The van der Waals surface area contributed by atoms with Crippen LogP contribution in [0.4, 0.5) is 5.82 Å². The number of hydrogen-bond acceptors (Lipinski definition) is 7. The van der Waals surface area contributed by atoms with E-state index in [1.165, 1.54) is 0 Å². The van der Waals surface area contributed by atoms with Crippen molar-refractivity contribution in [3.63, 3.8) is 0 Å². The number of anilines is 1. The Morgan fingerprint density at radius 2 is 2.11 bits per heavy atom. The Balaban J connectivity index is 1.58. The Bertz CT molecular complexity index is 699. The normalized spacial score (nSPS) is 24.1. The van der Waals surface area contributed by atoms with Crippen LogP contribution < -0.4 is 4.90 Å². The van der Waals surface area contributed by atoms with E-state index < -0.39 is 5.60 Å². The third kappa shape index (κ3) is 4.38. The lowest BCUT2D eigenvalue weighted by Crippen LogP contribution is -2.61. The molecule has 2 saturated heterocycles. The van der Waals surface area contributed by atoms with Crippen LogP contribution in [0.3, 0.4) is 0 Å². The summed E-state index contributed by atoms with van der Waals surface area (Å²) in [7, 11) is 1.61. The van der Waals surface area contributed by atoms with Crippen LogP contribution in [0.15, 0.2) is 18.3 Å². The van der Waals surface area contributed by atoms with Crippen molar-refractivity contribution >= 4 is 11.7 Å². The fourth-order valence-electron chi connectivity index (χ4n) is 3.85. The monoisotopic (exact) mass is 373 g/mol. The standard InChI is InChI=1S/C19H27N5O3/c1-27-13-12-24-7-3-5-19(26,18(24)25)15-22-8-10-23(11-9-22)17-16(14-20)4-2-6-21-17/h2,4,6,26H,3,5,7-13,15H2,1H3/t19-/m1/s1. The van der Waals surface area contributed by atoms with Crippen LogP contribution in [0.1, 0.15) is 18.4 Å². The van der Waals surface area contributed by atoms with Gasteiger partial charge in [-0.1, -0.05) is 0 Å². The molecule has 1 N–H and O–H groups in total. The number of methoxy groups -OCH3 is 1. The van der Waals surface area contributed by atoms with Crippen molar-refractivity contribution < 1.29 is 14.6 Å². The Kier molecular flexibility index (Phi) is 6.26. The minimum absolute atomic E-state index is 0.190. The number of aromatic nitrogens is 1. The van der Waals surface area contributed by atoms with E-state index in [0.29, 0.717) is 57.1 Å². The number of β-amino-alcohol motifs (C(OH)–C–C–N with tert-alkyl or cyclic N) is 1. The van der Waals surface area contributed by atoms with Crippen LogP contribution in [0.25, 0.3) is 0 Å². The third-order valence-corrected chi connectivity index (χ3v) is 5.33. The summed E-state index contributed by atoms with van der Waals surface area (Å²) in [6.45, 7) is 4.87. The molecule has 0 bridgehead atoms. The lowest BCUT2D eigenvalue weighted by atomic mass is 9.91. The van der Waals surface area contributed by atoms with E-state index in [9.17, 15) is 15.2 Å². The van der Waals surface area contributed by atoms with Crippen LogP contribution in [0.5, 0.6) is 0 Å². The molecular weight excluding hydrogens is 346 g/mol. The minimum Gasteiger partial charge on any atom is -0.383 e. The number of piperazine rings is 1. The summed E-state index contributed by atoms with van der Waals surface area (Å²) < 4.78 is 5.06. The number of amides is 1. The van der Waals surface area contributed by atoms with E-state index in [0.717, 1.165) is 19.5 Å². The topological polar surface area (TPSA) is 92.9 Å². The highest BCUT2D eigenvalue weighted by Gasteiger charge is 2.43. The molecule has 2 aliphatic heterocycles. The zero-order valence-corrected chi connectivity index (χ0v) is 15.8. The van der Waals surface area contributed by atoms with Gasteiger partial charge in [-0.3, -0.25) is 9.69 Å². The van der Waals surface area contributed by atoms with Gasteiger partial charge in [0.1, 0.15) is 11.9 Å². The van der Waals surface area contributed by atoms with Gasteiger partial charge in [-0.05, 0) is 25.0 Å². The van der Waals surface area contributed by atoms with Gasteiger partial charge in [-0.15, -0.1) is 0 Å². The SMILES string of the molecule is COCCN1CCC[C@@](O)(CN2CCN(c3ncccc3C#N)CC2)C1=O. The van der Waals surface area contributed by atoms with Gasteiger partial charge < -0.3 is 19.6 Å². The van der Waals surface area contributed by atoms with Gasteiger partial charge in [0.25, 0.3) is 5.91 Å². The molecule has 2 fully saturated rings. The Morgan fingerprint density at radius 1 is 1.33 bits per heavy atom. The number of nitriles is 1. The van der Waals surface area contributed by atoms with Crippen molar-refractivity contribution in [1.29, 1.82) is 5.26 Å². The molecule has 0 unspecified atom stereocenters. The molecule has 0 aromatic carbocycles. The van der Waals surface area contributed by atoms with Crippen LogP contribution in [-0.2, 0) is 9.53 Å². The van der Waals surface area contributed by atoms with Crippen LogP contribution in [0, 0.1) is 11.3 Å². The zero-order valence-electron chi connectivity index (χ0n) is 15.8. The molecule has 1 aromatic heterocycles. The summed E-state index contributed by atoms with van der Waals surface area (Å²) >= 11 is 0. The van der Waals surface area contributed by atoms with Crippen molar-refractivity contribution in [3.8, 4) is 6.07 Å². The fraction of sp³-hybridized carbons (Fsp3) is 0.632. The second-order valence-corrected chi connectivity index (χ2v) is 7.17. The molecular formula is C19H27N5O3. The number of rotatable bonds is 6. The predicted molar refractivity (Wildman–Crippen MR) is 100 cm³/mol. The zero-order chi connectivity index (χ0) is 19.3. The molecule has 3 heterocycles. The molecule has 0 aliphatic carbocycles. The van der Waals surface area contributed by atoms with Gasteiger partial charge in [0.15, 0.2) is 5.60 Å². The van der Waals surface area contributed by atoms with Crippen molar-refractivity contribution in [2.45, 2.75) is 18.4 Å². The molecule has 8 heteroatoms. The average Bonchev–Trinajstić information content (AvgIpc) is 2.70. The number of nitrogens with zero attached hydrogens (tertiary/aromatic N) is 5. The number of carbonyl (C=O) groups is 1. The van der Waals surface area contributed by atoms with Crippen LogP contribution in [-0.4, -0.2) is 90.9 Å². The van der Waals surface area contributed by atoms with Crippen molar-refractivity contribution in [2.24, 2.45) is 0 Å². The quantitative estimate of drug-likeness (QED) is 0.754. The van der Waals surface area contributed by atoms with Crippen LogP contribution in [0.2, 0.25) is 0 Å². The van der Waals surface area contributed by atoms with Gasteiger partial charge in [-0.25, -0.2) is 4.98 Å². The highest BCUT2D eigenvalue weighted by molar-refractivity contribution is 5.86. The lowest BCUT2D eigenvalue weighted by Gasteiger charge is -2.43. The number of aliphatic hydroxyl groups is 1. The van der Waals surface area contributed by atoms with Gasteiger partial charge in [0.2, 0.25) is 0 Å². The molecule has 8 nitrogen and oxygen atoms in total. The van der Waals surface area contributed by atoms with Gasteiger partial charge >= 0.3 is 0 Å². The molecule has 0 spiro atoms.